The van der Waals surface area contributed by atoms with E-state index >= 15 is 0 Å². The Balaban J connectivity index is 2.17. The Morgan fingerprint density at radius 1 is 1.50 bits per heavy atom. The van der Waals surface area contributed by atoms with E-state index in [1.54, 1.807) is 0 Å². The molecule has 1 aliphatic rings. The van der Waals surface area contributed by atoms with Crippen molar-refractivity contribution in [1.82, 2.24) is 0 Å². The minimum atomic E-state index is -1.11. The van der Waals surface area contributed by atoms with Crippen molar-refractivity contribution in [1.29, 1.82) is 0 Å². The van der Waals surface area contributed by atoms with Crippen LogP contribution in [0, 0.1) is 0 Å². The van der Waals surface area contributed by atoms with Crippen LogP contribution in [0.15, 0.2) is 12.1 Å². The molecule has 1 aromatic rings. The molecule has 1 N–H and O–H groups in total. The van der Waals surface area contributed by atoms with Crippen LogP contribution in [0.2, 0.25) is 5.02 Å². The van der Waals surface area contributed by atoms with E-state index in [0.717, 1.165) is 25.9 Å². The Bertz CT molecular complexity index is 483. The van der Waals surface area contributed by atoms with Crippen molar-refractivity contribution in [2.45, 2.75) is 25.4 Å². The number of aromatic carboxylic acids is 1. The molecule has 20 heavy (non-hydrogen) atoms. The van der Waals surface area contributed by atoms with E-state index in [9.17, 15) is 9.90 Å². The minimum absolute atomic E-state index is 0.00854. The standard InChI is InChI=1S/C14H17ClO5/c1-18-12-7-9(15)6-11(14(16)17)13(12)20-8-10-4-2-3-5-19-10/h6-7,10H,2-5,8H2,1H3,(H,16,17). The van der Waals surface area contributed by atoms with Crippen LogP contribution in [-0.4, -0.2) is 37.5 Å². The smallest absolute Gasteiger partial charge is 0.339 e. The van der Waals surface area contributed by atoms with Gasteiger partial charge < -0.3 is 19.3 Å². The Hall–Kier alpha value is -1.46. The van der Waals surface area contributed by atoms with E-state index < -0.39 is 5.97 Å². The van der Waals surface area contributed by atoms with Gasteiger partial charge in [0.15, 0.2) is 11.5 Å². The summed E-state index contributed by atoms with van der Waals surface area (Å²) in [7, 11) is 1.45. The third kappa shape index (κ3) is 3.55. The highest BCUT2D eigenvalue weighted by molar-refractivity contribution is 6.31. The zero-order chi connectivity index (χ0) is 14.5. The molecule has 2 rings (SSSR count). The number of carboxylic acids is 1. The summed E-state index contributed by atoms with van der Waals surface area (Å²) in [4.78, 5) is 11.3. The van der Waals surface area contributed by atoms with Gasteiger partial charge in [-0.05, 0) is 25.3 Å². The summed E-state index contributed by atoms with van der Waals surface area (Å²) >= 11 is 5.87. The van der Waals surface area contributed by atoms with Crippen molar-refractivity contribution in [3.05, 3.63) is 22.7 Å². The van der Waals surface area contributed by atoms with Gasteiger partial charge in [-0.25, -0.2) is 4.79 Å². The van der Waals surface area contributed by atoms with Gasteiger partial charge in [-0.15, -0.1) is 0 Å². The van der Waals surface area contributed by atoms with E-state index in [4.69, 9.17) is 25.8 Å². The molecule has 0 amide bonds. The second kappa shape index (κ2) is 6.81. The van der Waals surface area contributed by atoms with Gasteiger partial charge in [0.25, 0.3) is 0 Å². The molecule has 0 aliphatic carbocycles. The molecule has 1 aliphatic heterocycles. The first kappa shape index (κ1) is 14.9. The lowest BCUT2D eigenvalue weighted by molar-refractivity contribution is -0.0117. The number of carbonyl (C=O) groups is 1. The SMILES string of the molecule is COc1cc(Cl)cc(C(=O)O)c1OCC1CCCCO1. The van der Waals surface area contributed by atoms with Crippen LogP contribution < -0.4 is 9.47 Å². The summed E-state index contributed by atoms with van der Waals surface area (Å²) in [6.07, 6.45) is 3.06. The van der Waals surface area contributed by atoms with Crippen LogP contribution in [0.4, 0.5) is 0 Å². The van der Waals surface area contributed by atoms with Gasteiger partial charge in [-0.3, -0.25) is 0 Å². The Labute approximate surface area is 122 Å². The zero-order valence-corrected chi connectivity index (χ0v) is 12.0. The summed E-state index contributed by atoms with van der Waals surface area (Å²) in [6, 6.07) is 2.88. The summed E-state index contributed by atoms with van der Waals surface area (Å²) in [6.45, 7) is 1.02. The second-order valence-corrected chi connectivity index (χ2v) is 5.03. The van der Waals surface area contributed by atoms with Gasteiger partial charge in [0, 0.05) is 17.7 Å². The fraction of sp³-hybridized carbons (Fsp3) is 0.500. The summed E-state index contributed by atoms with van der Waals surface area (Å²) in [5.41, 5.74) is -0.00911. The average molecular weight is 301 g/mol. The first-order valence-corrected chi connectivity index (χ1v) is 6.85. The Morgan fingerprint density at radius 3 is 2.90 bits per heavy atom. The average Bonchev–Trinajstić information content (AvgIpc) is 2.46. The maximum absolute atomic E-state index is 11.3. The molecule has 1 heterocycles. The van der Waals surface area contributed by atoms with Crippen molar-refractivity contribution < 1.29 is 24.1 Å². The summed E-state index contributed by atoms with van der Waals surface area (Å²) in [5.74, 6) is -0.602. The van der Waals surface area contributed by atoms with Crippen LogP contribution in [0.3, 0.4) is 0 Å². The maximum Gasteiger partial charge on any atom is 0.339 e. The molecule has 1 fully saturated rings. The van der Waals surface area contributed by atoms with Gasteiger partial charge in [0.2, 0.25) is 0 Å². The molecule has 1 aromatic carbocycles. The van der Waals surface area contributed by atoms with Gasteiger partial charge in [0.05, 0.1) is 13.2 Å². The topological polar surface area (TPSA) is 65.0 Å². The lowest BCUT2D eigenvalue weighted by Gasteiger charge is -2.23. The van der Waals surface area contributed by atoms with Crippen molar-refractivity contribution in [2.24, 2.45) is 0 Å². The van der Waals surface area contributed by atoms with Gasteiger partial charge >= 0.3 is 5.97 Å². The predicted molar refractivity (Wildman–Crippen MR) is 74.0 cm³/mol. The number of rotatable bonds is 5. The Kier molecular flexibility index (Phi) is 5.09. The summed E-state index contributed by atoms with van der Waals surface area (Å²) in [5, 5.41) is 9.51. The highest BCUT2D eigenvalue weighted by atomic mass is 35.5. The number of hydrogen-bond donors (Lipinski definition) is 1. The molecule has 0 radical (unpaired) electrons. The van der Waals surface area contributed by atoms with E-state index in [0.29, 0.717) is 17.4 Å². The normalized spacial score (nSPS) is 18.6. The molecule has 0 bridgehead atoms. The molecule has 1 unspecified atom stereocenters. The molecule has 0 saturated carbocycles. The Morgan fingerprint density at radius 2 is 2.30 bits per heavy atom. The monoisotopic (exact) mass is 300 g/mol. The molecular weight excluding hydrogens is 284 g/mol. The van der Waals surface area contributed by atoms with Gasteiger partial charge in [-0.2, -0.15) is 0 Å². The zero-order valence-electron chi connectivity index (χ0n) is 11.2. The van der Waals surface area contributed by atoms with Crippen molar-refractivity contribution in [2.75, 3.05) is 20.3 Å². The third-order valence-electron chi connectivity index (χ3n) is 3.16. The number of carboxylic acid groups (broad SMARTS) is 1. The second-order valence-electron chi connectivity index (χ2n) is 4.59. The molecular formula is C14H17ClO5. The third-order valence-corrected chi connectivity index (χ3v) is 3.38. The summed E-state index contributed by atoms with van der Waals surface area (Å²) < 4.78 is 16.3. The van der Waals surface area contributed by atoms with E-state index in [-0.39, 0.29) is 17.4 Å². The predicted octanol–water partition coefficient (Wildman–Crippen LogP) is 2.99. The number of benzene rings is 1. The first-order valence-electron chi connectivity index (χ1n) is 6.47. The number of halogens is 1. The largest absolute Gasteiger partial charge is 0.493 e. The van der Waals surface area contributed by atoms with E-state index in [1.165, 1.54) is 19.2 Å². The fourth-order valence-corrected chi connectivity index (χ4v) is 2.35. The van der Waals surface area contributed by atoms with Gasteiger partial charge in [0.1, 0.15) is 12.2 Å². The number of ether oxygens (including phenoxy) is 3. The molecule has 0 spiro atoms. The fourth-order valence-electron chi connectivity index (χ4n) is 2.14. The highest BCUT2D eigenvalue weighted by Crippen LogP contribution is 2.35. The molecule has 110 valence electrons. The molecule has 5 nitrogen and oxygen atoms in total. The van der Waals surface area contributed by atoms with Crippen LogP contribution in [0.1, 0.15) is 29.6 Å². The lowest BCUT2D eigenvalue weighted by Crippen LogP contribution is -2.26. The van der Waals surface area contributed by atoms with E-state index in [2.05, 4.69) is 0 Å². The van der Waals surface area contributed by atoms with Crippen LogP contribution in [-0.2, 0) is 4.74 Å². The van der Waals surface area contributed by atoms with Crippen molar-refractivity contribution >= 4 is 17.6 Å². The molecule has 1 atom stereocenters. The van der Waals surface area contributed by atoms with E-state index in [1.807, 2.05) is 0 Å². The lowest BCUT2D eigenvalue weighted by atomic mass is 10.1. The molecule has 6 heteroatoms. The van der Waals surface area contributed by atoms with Crippen LogP contribution in [0.5, 0.6) is 11.5 Å². The molecule has 0 aromatic heterocycles. The minimum Gasteiger partial charge on any atom is -0.493 e. The number of hydrogen-bond acceptors (Lipinski definition) is 4. The highest BCUT2D eigenvalue weighted by Gasteiger charge is 2.21. The maximum atomic E-state index is 11.3. The van der Waals surface area contributed by atoms with Crippen molar-refractivity contribution in [3.63, 3.8) is 0 Å². The first-order chi connectivity index (χ1) is 9.61. The quantitative estimate of drug-likeness (QED) is 0.905. The number of methoxy groups -OCH3 is 1. The van der Waals surface area contributed by atoms with Crippen LogP contribution in [0.25, 0.3) is 0 Å². The van der Waals surface area contributed by atoms with Gasteiger partial charge in [-0.1, -0.05) is 11.6 Å². The van der Waals surface area contributed by atoms with Crippen molar-refractivity contribution in [3.8, 4) is 11.5 Å². The van der Waals surface area contributed by atoms with Crippen LogP contribution >= 0.6 is 11.6 Å². The molecule has 1 saturated heterocycles.